The van der Waals surface area contributed by atoms with Crippen molar-refractivity contribution in [2.75, 3.05) is 7.11 Å². The van der Waals surface area contributed by atoms with Gasteiger partial charge in [0.2, 0.25) is 0 Å². The number of hydrogen-bond acceptors (Lipinski definition) is 2. The lowest BCUT2D eigenvalue weighted by Gasteiger charge is -2.09. The molecule has 4 heteroatoms. The fourth-order valence-electron chi connectivity index (χ4n) is 2.55. The number of imidazole rings is 1. The Morgan fingerprint density at radius 3 is 2.81 bits per heavy atom. The SMILES string of the molecule is COc1cccc(CCn2c(CCl)nc3ccccc32)c1. The second-order valence-electron chi connectivity index (χ2n) is 4.90. The Labute approximate surface area is 129 Å². The number of fused-ring (bicyclic) bond motifs is 1. The quantitative estimate of drug-likeness (QED) is 0.665. The van der Waals surface area contributed by atoms with Gasteiger partial charge in [0.1, 0.15) is 11.6 Å². The lowest BCUT2D eigenvalue weighted by Crippen LogP contribution is -2.05. The number of para-hydroxylation sites is 2. The Morgan fingerprint density at radius 1 is 1.14 bits per heavy atom. The second-order valence-corrected chi connectivity index (χ2v) is 5.17. The van der Waals surface area contributed by atoms with Crippen LogP contribution >= 0.6 is 11.6 Å². The van der Waals surface area contributed by atoms with E-state index in [9.17, 15) is 0 Å². The summed E-state index contributed by atoms with van der Waals surface area (Å²) in [5.41, 5.74) is 3.38. The molecule has 0 aliphatic heterocycles. The third-order valence-electron chi connectivity index (χ3n) is 3.61. The van der Waals surface area contributed by atoms with Gasteiger partial charge in [-0.2, -0.15) is 0 Å². The molecule has 2 aromatic carbocycles. The van der Waals surface area contributed by atoms with E-state index in [0.29, 0.717) is 5.88 Å². The summed E-state index contributed by atoms with van der Waals surface area (Å²) in [5, 5.41) is 0. The van der Waals surface area contributed by atoms with E-state index in [4.69, 9.17) is 16.3 Å². The smallest absolute Gasteiger partial charge is 0.124 e. The molecule has 1 aromatic heterocycles. The zero-order valence-corrected chi connectivity index (χ0v) is 12.7. The topological polar surface area (TPSA) is 27.1 Å². The van der Waals surface area contributed by atoms with E-state index >= 15 is 0 Å². The first-order valence-electron chi connectivity index (χ1n) is 6.95. The van der Waals surface area contributed by atoms with E-state index in [2.05, 4.69) is 27.8 Å². The van der Waals surface area contributed by atoms with Gasteiger partial charge < -0.3 is 9.30 Å². The Morgan fingerprint density at radius 2 is 2.00 bits per heavy atom. The van der Waals surface area contributed by atoms with Gasteiger partial charge in [0, 0.05) is 6.54 Å². The van der Waals surface area contributed by atoms with Crippen molar-refractivity contribution in [2.45, 2.75) is 18.8 Å². The van der Waals surface area contributed by atoms with Crippen molar-refractivity contribution in [3.8, 4) is 5.75 Å². The van der Waals surface area contributed by atoms with Crippen LogP contribution in [0.3, 0.4) is 0 Å². The van der Waals surface area contributed by atoms with E-state index in [1.807, 2.05) is 30.3 Å². The molecule has 0 N–H and O–H groups in total. The van der Waals surface area contributed by atoms with Crippen molar-refractivity contribution in [1.82, 2.24) is 9.55 Å². The summed E-state index contributed by atoms with van der Waals surface area (Å²) in [5.74, 6) is 2.23. The number of ether oxygens (including phenoxy) is 1. The zero-order valence-electron chi connectivity index (χ0n) is 11.9. The predicted octanol–water partition coefficient (Wildman–Crippen LogP) is 4.03. The summed E-state index contributed by atoms with van der Waals surface area (Å²) in [4.78, 5) is 4.58. The van der Waals surface area contributed by atoms with Crippen LogP contribution in [0.5, 0.6) is 5.75 Å². The Kier molecular flexibility index (Phi) is 4.11. The minimum atomic E-state index is 0.423. The van der Waals surface area contributed by atoms with E-state index in [1.54, 1.807) is 7.11 Å². The van der Waals surface area contributed by atoms with Gasteiger partial charge in [-0.05, 0) is 36.2 Å². The molecular formula is C17H17ClN2O. The molecule has 0 amide bonds. The average molecular weight is 301 g/mol. The van der Waals surface area contributed by atoms with Gasteiger partial charge in [0.25, 0.3) is 0 Å². The number of rotatable bonds is 5. The summed E-state index contributed by atoms with van der Waals surface area (Å²) in [6.45, 7) is 0.857. The normalized spacial score (nSPS) is 11.0. The van der Waals surface area contributed by atoms with Crippen molar-refractivity contribution < 1.29 is 4.74 Å². The minimum absolute atomic E-state index is 0.423. The summed E-state index contributed by atoms with van der Waals surface area (Å²) < 4.78 is 7.46. The standard InChI is InChI=1S/C17H17ClN2O/c1-21-14-6-4-5-13(11-14)9-10-20-16-8-3-2-7-15(16)19-17(20)12-18/h2-8,11H,9-10,12H2,1H3. The Hall–Kier alpha value is -2.00. The van der Waals surface area contributed by atoms with Crippen molar-refractivity contribution >= 4 is 22.6 Å². The number of benzene rings is 2. The number of hydrogen-bond donors (Lipinski definition) is 0. The van der Waals surface area contributed by atoms with E-state index in [-0.39, 0.29) is 0 Å². The van der Waals surface area contributed by atoms with E-state index in [0.717, 1.165) is 35.6 Å². The third kappa shape index (κ3) is 2.88. The molecule has 0 radical (unpaired) electrons. The number of alkyl halides is 1. The van der Waals surface area contributed by atoms with Crippen LogP contribution in [0.25, 0.3) is 11.0 Å². The monoisotopic (exact) mass is 300 g/mol. The summed E-state index contributed by atoms with van der Waals surface area (Å²) in [6, 6.07) is 16.3. The van der Waals surface area contributed by atoms with Crippen LogP contribution in [-0.4, -0.2) is 16.7 Å². The van der Waals surface area contributed by atoms with Gasteiger partial charge in [-0.3, -0.25) is 0 Å². The molecule has 0 atom stereocenters. The number of aromatic nitrogens is 2. The van der Waals surface area contributed by atoms with Gasteiger partial charge in [-0.1, -0.05) is 24.3 Å². The van der Waals surface area contributed by atoms with Gasteiger partial charge in [-0.25, -0.2) is 4.98 Å². The molecule has 0 fully saturated rings. The van der Waals surface area contributed by atoms with Crippen LogP contribution in [0.1, 0.15) is 11.4 Å². The molecular weight excluding hydrogens is 284 g/mol. The van der Waals surface area contributed by atoms with E-state index in [1.165, 1.54) is 5.56 Å². The first-order chi connectivity index (χ1) is 10.3. The maximum Gasteiger partial charge on any atom is 0.124 e. The third-order valence-corrected chi connectivity index (χ3v) is 3.85. The molecule has 0 saturated heterocycles. The van der Waals surface area contributed by atoms with Crippen molar-refractivity contribution in [2.24, 2.45) is 0 Å². The van der Waals surface area contributed by atoms with Crippen molar-refractivity contribution in [3.05, 3.63) is 59.9 Å². The van der Waals surface area contributed by atoms with Crippen LogP contribution in [0.2, 0.25) is 0 Å². The van der Waals surface area contributed by atoms with Gasteiger partial charge in [-0.15, -0.1) is 11.6 Å². The van der Waals surface area contributed by atoms with Crippen LogP contribution < -0.4 is 4.74 Å². The van der Waals surface area contributed by atoms with Gasteiger partial charge >= 0.3 is 0 Å². The molecule has 1 heterocycles. The summed E-state index contributed by atoms with van der Waals surface area (Å²) >= 11 is 6.03. The number of halogens is 1. The first kappa shape index (κ1) is 14.0. The largest absolute Gasteiger partial charge is 0.497 e. The lowest BCUT2D eigenvalue weighted by atomic mass is 10.1. The van der Waals surface area contributed by atoms with Crippen LogP contribution in [-0.2, 0) is 18.8 Å². The summed E-state index contributed by atoms with van der Waals surface area (Å²) in [6.07, 6.45) is 0.918. The fraction of sp³-hybridized carbons (Fsp3) is 0.235. The first-order valence-corrected chi connectivity index (χ1v) is 7.48. The Balaban J connectivity index is 1.87. The summed E-state index contributed by atoms with van der Waals surface area (Å²) in [7, 11) is 1.69. The predicted molar refractivity (Wildman–Crippen MR) is 86.0 cm³/mol. The van der Waals surface area contributed by atoms with Gasteiger partial charge in [0.15, 0.2) is 0 Å². The molecule has 0 aliphatic carbocycles. The number of methoxy groups -OCH3 is 1. The molecule has 3 rings (SSSR count). The fourth-order valence-corrected chi connectivity index (χ4v) is 2.75. The highest BCUT2D eigenvalue weighted by Gasteiger charge is 2.09. The number of nitrogens with zero attached hydrogens (tertiary/aromatic N) is 2. The molecule has 0 saturated carbocycles. The second kappa shape index (κ2) is 6.19. The average Bonchev–Trinajstić information content (AvgIpc) is 2.91. The van der Waals surface area contributed by atoms with Crippen LogP contribution in [0.4, 0.5) is 0 Å². The number of aryl methyl sites for hydroxylation is 2. The molecule has 3 nitrogen and oxygen atoms in total. The highest BCUT2D eigenvalue weighted by Crippen LogP contribution is 2.19. The van der Waals surface area contributed by atoms with Crippen LogP contribution in [0.15, 0.2) is 48.5 Å². The molecule has 108 valence electrons. The molecule has 3 aromatic rings. The molecule has 21 heavy (non-hydrogen) atoms. The maximum absolute atomic E-state index is 6.03. The highest BCUT2D eigenvalue weighted by atomic mass is 35.5. The zero-order chi connectivity index (χ0) is 14.7. The van der Waals surface area contributed by atoms with E-state index < -0.39 is 0 Å². The maximum atomic E-state index is 6.03. The Bertz CT molecular complexity index is 751. The molecule has 0 unspecified atom stereocenters. The van der Waals surface area contributed by atoms with Crippen molar-refractivity contribution in [3.63, 3.8) is 0 Å². The van der Waals surface area contributed by atoms with Crippen LogP contribution in [0, 0.1) is 0 Å². The molecule has 0 bridgehead atoms. The minimum Gasteiger partial charge on any atom is -0.497 e. The lowest BCUT2D eigenvalue weighted by molar-refractivity contribution is 0.414. The van der Waals surface area contributed by atoms with Crippen molar-refractivity contribution in [1.29, 1.82) is 0 Å². The highest BCUT2D eigenvalue weighted by molar-refractivity contribution is 6.16. The molecule has 0 spiro atoms. The van der Waals surface area contributed by atoms with Gasteiger partial charge in [0.05, 0.1) is 24.0 Å². The molecule has 0 aliphatic rings.